The number of hydrogen-bond donors (Lipinski definition) is 1. The minimum Gasteiger partial charge on any atom is -0.459 e. The highest BCUT2D eigenvalue weighted by molar-refractivity contribution is 7.89. The van der Waals surface area contributed by atoms with Gasteiger partial charge in [0.15, 0.2) is 0 Å². The van der Waals surface area contributed by atoms with Crippen LogP contribution in [0.2, 0.25) is 0 Å². The van der Waals surface area contributed by atoms with Crippen molar-refractivity contribution in [1.29, 1.82) is 0 Å². The molecule has 1 aliphatic heterocycles. The number of morpholine rings is 1. The molecule has 2 heterocycles. The lowest BCUT2D eigenvalue weighted by Crippen LogP contribution is -2.45. The topological polar surface area (TPSA) is 128 Å². The summed E-state index contributed by atoms with van der Waals surface area (Å²) in [6.45, 7) is 8.17. The predicted molar refractivity (Wildman–Crippen MR) is 118 cm³/mol. The fourth-order valence-electron chi connectivity index (χ4n) is 3.40. The van der Waals surface area contributed by atoms with Gasteiger partial charge in [-0.3, -0.25) is 4.79 Å². The van der Waals surface area contributed by atoms with E-state index in [1.807, 2.05) is 0 Å². The molecule has 0 radical (unpaired) electrons. The van der Waals surface area contributed by atoms with Crippen LogP contribution in [-0.4, -0.2) is 62.1 Å². The van der Waals surface area contributed by atoms with Gasteiger partial charge in [0.2, 0.25) is 10.0 Å². The van der Waals surface area contributed by atoms with Gasteiger partial charge in [-0.2, -0.15) is 4.31 Å². The predicted octanol–water partition coefficient (Wildman–Crippen LogP) is 1.81. The summed E-state index contributed by atoms with van der Waals surface area (Å²) in [6, 6.07) is 4.84. The summed E-state index contributed by atoms with van der Waals surface area (Å²) in [6.07, 6.45) is 0. The largest absolute Gasteiger partial charge is 0.459 e. The monoisotopic (exact) mass is 479 g/mol. The number of nitrogens with zero attached hydrogens (tertiary/aromatic N) is 2. The van der Waals surface area contributed by atoms with Crippen molar-refractivity contribution < 1.29 is 32.0 Å². The maximum atomic E-state index is 12.9. The van der Waals surface area contributed by atoms with Crippen LogP contribution in [0.5, 0.6) is 0 Å². The Labute approximate surface area is 193 Å². The van der Waals surface area contributed by atoms with Crippen molar-refractivity contribution in [1.82, 2.24) is 14.8 Å². The molecule has 3 rings (SSSR count). The van der Waals surface area contributed by atoms with Crippen LogP contribution in [0.15, 0.2) is 33.7 Å². The van der Waals surface area contributed by atoms with Gasteiger partial charge < -0.3 is 19.3 Å². The Hall–Kier alpha value is -2.76. The first-order chi connectivity index (χ1) is 15.6. The summed E-state index contributed by atoms with van der Waals surface area (Å²) in [4.78, 5) is 25.6. The smallest absolute Gasteiger partial charge is 0.329 e. The van der Waals surface area contributed by atoms with Gasteiger partial charge in [-0.1, -0.05) is 25.1 Å². The lowest BCUT2D eigenvalue weighted by Gasteiger charge is -2.26. The molecule has 2 aromatic rings. The molecule has 0 bridgehead atoms. The number of carbonyl (C=O) groups excluding carboxylic acids is 2. The zero-order valence-corrected chi connectivity index (χ0v) is 20.0. The van der Waals surface area contributed by atoms with Crippen LogP contribution in [0.3, 0.4) is 0 Å². The Morgan fingerprint density at radius 1 is 1.21 bits per heavy atom. The first-order valence-electron chi connectivity index (χ1n) is 10.7. The third kappa shape index (κ3) is 5.79. The summed E-state index contributed by atoms with van der Waals surface area (Å²) in [5.41, 5.74) is 1.44. The number of benzene rings is 1. The lowest BCUT2D eigenvalue weighted by atomic mass is 10.0. The van der Waals surface area contributed by atoms with Gasteiger partial charge in [-0.15, -0.1) is 0 Å². The van der Waals surface area contributed by atoms with Crippen molar-refractivity contribution in [3.63, 3.8) is 0 Å². The Morgan fingerprint density at radius 3 is 2.52 bits per heavy atom. The number of hydrogen-bond acceptors (Lipinski definition) is 8. The number of rotatable bonds is 8. The van der Waals surface area contributed by atoms with Crippen LogP contribution < -0.4 is 5.32 Å². The van der Waals surface area contributed by atoms with Crippen LogP contribution in [0, 0.1) is 19.8 Å². The average molecular weight is 480 g/mol. The molecule has 0 aliphatic carbocycles. The molecule has 1 saturated heterocycles. The highest BCUT2D eigenvalue weighted by Gasteiger charge is 2.29. The van der Waals surface area contributed by atoms with Gasteiger partial charge in [0.1, 0.15) is 18.4 Å². The highest BCUT2D eigenvalue weighted by atomic mass is 32.2. The van der Waals surface area contributed by atoms with Gasteiger partial charge in [-0.25, -0.2) is 13.2 Å². The van der Waals surface area contributed by atoms with Gasteiger partial charge in [-0.05, 0) is 38.0 Å². The number of esters is 1. The SMILES string of the molecule is Cc1noc(C)c1COC(=O)C(NC(=O)c1cccc(S(=O)(=O)N2CCOCC2)c1)C(C)C. The Bertz CT molecular complexity index is 1090. The van der Waals surface area contributed by atoms with Crippen molar-refractivity contribution in [2.24, 2.45) is 5.92 Å². The third-order valence-corrected chi connectivity index (χ3v) is 7.35. The lowest BCUT2D eigenvalue weighted by molar-refractivity contribution is -0.148. The Morgan fingerprint density at radius 2 is 1.91 bits per heavy atom. The van der Waals surface area contributed by atoms with E-state index >= 15 is 0 Å². The Kier molecular flexibility index (Phi) is 7.88. The zero-order chi connectivity index (χ0) is 24.2. The third-order valence-electron chi connectivity index (χ3n) is 5.45. The van der Waals surface area contributed by atoms with Crippen molar-refractivity contribution in [3.05, 3.63) is 46.8 Å². The fourth-order valence-corrected chi connectivity index (χ4v) is 4.85. The fraction of sp³-hybridized carbons (Fsp3) is 0.500. The molecular weight excluding hydrogens is 450 g/mol. The number of sulfonamides is 1. The van der Waals surface area contributed by atoms with E-state index in [0.717, 1.165) is 0 Å². The van der Waals surface area contributed by atoms with E-state index in [-0.39, 0.29) is 36.1 Å². The zero-order valence-electron chi connectivity index (χ0n) is 19.2. The number of aryl methyl sites for hydroxylation is 2. The quantitative estimate of drug-likeness (QED) is 0.568. The van der Waals surface area contributed by atoms with E-state index in [2.05, 4.69) is 10.5 Å². The first kappa shape index (κ1) is 24.9. The standard InChI is InChI=1S/C22H29N3O7S/c1-14(2)20(22(27)31-13-19-15(3)24-32-16(19)4)23-21(26)17-6-5-7-18(12-17)33(28,29)25-8-10-30-11-9-25/h5-7,12,14,20H,8-11,13H2,1-4H3,(H,23,26). The summed E-state index contributed by atoms with van der Waals surface area (Å²) >= 11 is 0. The van der Waals surface area contributed by atoms with Crippen LogP contribution in [0.25, 0.3) is 0 Å². The van der Waals surface area contributed by atoms with Crippen LogP contribution in [0.1, 0.15) is 41.2 Å². The number of nitrogens with one attached hydrogen (secondary N) is 1. The van der Waals surface area contributed by atoms with E-state index in [1.165, 1.54) is 28.6 Å². The van der Waals surface area contributed by atoms with Crippen LogP contribution in [-0.2, 0) is 30.9 Å². The molecule has 10 nitrogen and oxygen atoms in total. The second-order valence-corrected chi connectivity index (χ2v) is 10.1. The molecule has 1 unspecified atom stereocenters. The van der Waals surface area contributed by atoms with Crippen LogP contribution in [0.4, 0.5) is 0 Å². The minimum atomic E-state index is -3.75. The van der Waals surface area contributed by atoms with E-state index in [9.17, 15) is 18.0 Å². The van der Waals surface area contributed by atoms with Crippen molar-refractivity contribution in [2.75, 3.05) is 26.3 Å². The molecule has 0 saturated carbocycles. The second-order valence-electron chi connectivity index (χ2n) is 8.15. The number of amides is 1. The summed E-state index contributed by atoms with van der Waals surface area (Å²) < 4.78 is 42.8. The highest BCUT2D eigenvalue weighted by Crippen LogP contribution is 2.19. The number of ether oxygens (including phenoxy) is 2. The molecule has 1 atom stereocenters. The first-order valence-corrected chi connectivity index (χ1v) is 12.1. The summed E-state index contributed by atoms with van der Waals surface area (Å²) in [7, 11) is -3.75. The molecule has 1 aliphatic rings. The molecule has 1 N–H and O–H groups in total. The van der Waals surface area contributed by atoms with Gasteiger partial charge in [0.05, 0.1) is 29.4 Å². The van der Waals surface area contributed by atoms with Gasteiger partial charge >= 0.3 is 5.97 Å². The van der Waals surface area contributed by atoms with Crippen molar-refractivity contribution >= 4 is 21.9 Å². The maximum absolute atomic E-state index is 12.9. The molecule has 1 aromatic carbocycles. The number of carbonyl (C=O) groups is 2. The van der Waals surface area contributed by atoms with E-state index in [4.69, 9.17) is 14.0 Å². The molecule has 1 fully saturated rings. The van der Waals surface area contributed by atoms with Crippen molar-refractivity contribution in [3.8, 4) is 0 Å². The molecule has 0 spiro atoms. The second kappa shape index (κ2) is 10.4. The number of aromatic nitrogens is 1. The minimum absolute atomic E-state index is 0.0131. The molecule has 1 amide bonds. The van der Waals surface area contributed by atoms with E-state index < -0.39 is 27.9 Å². The van der Waals surface area contributed by atoms with E-state index in [1.54, 1.807) is 27.7 Å². The summed E-state index contributed by atoms with van der Waals surface area (Å²) in [5.74, 6) is -0.868. The molecule has 11 heteroatoms. The van der Waals surface area contributed by atoms with Gasteiger partial charge in [0, 0.05) is 18.7 Å². The van der Waals surface area contributed by atoms with E-state index in [0.29, 0.717) is 30.2 Å². The molecule has 180 valence electrons. The van der Waals surface area contributed by atoms with Crippen molar-refractivity contribution in [2.45, 2.75) is 45.2 Å². The molecule has 1 aromatic heterocycles. The van der Waals surface area contributed by atoms with Gasteiger partial charge in [0.25, 0.3) is 5.91 Å². The van der Waals surface area contributed by atoms with Crippen LogP contribution >= 0.6 is 0 Å². The Balaban J connectivity index is 1.71. The maximum Gasteiger partial charge on any atom is 0.329 e. The summed E-state index contributed by atoms with van der Waals surface area (Å²) in [5, 5.41) is 6.50. The molecular formula is C22H29N3O7S. The molecule has 33 heavy (non-hydrogen) atoms. The normalized spacial score (nSPS) is 15.9. The average Bonchev–Trinajstić information content (AvgIpc) is 3.13.